The van der Waals surface area contributed by atoms with Gasteiger partial charge in [0.25, 0.3) is 0 Å². The number of methoxy groups -OCH3 is 1. The Morgan fingerprint density at radius 1 is 1.05 bits per heavy atom. The molecule has 1 heterocycles. The van der Waals surface area contributed by atoms with Crippen LogP contribution in [0, 0.1) is 0 Å². The summed E-state index contributed by atoms with van der Waals surface area (Å²) in [5, 5.41) is 1.91. The summed E-state index contributed by atoms with van der Waals surface area (Å²) in [6.45, 7) is 0.508. The zero-order valence-electron chi connectivity index (χ0n) is 10.6. The third kappa shape index (κ3) is 2.25. The lowest BCUT2D eigenvalue weighted by Crippen LogP contribution is -2.01. The Balaban J connectivity index is 2.26. The molecule has 1 aromatic heterocycles. The minimum atomic E-state index is 0.508. The van der Waals surface area contributed by atoms with Crippen LogP contribution in [0.4, 0.5) is 0 Å². The summed E-state index contributed by atoms with van der Waals surface area (Å²) in [4.78, 5) is 0. The van der Waals surface area contributed by atoms with E-state index in [1.165, 1.54) is 10.9 Å². The number of aromatic nitrogens is 1. The number of ether oxygens (including phenoxy) is 1. The largest absolute Gasteiger partial charge is 0.364 e. The van der Waals surface area contributed by atoms with E-state index in [0.717, 1.165) is 16.2 Å². The van der Waals surface area contributed by atoms with E-state index >= 15 is 0 Å². The molecule has 0 bridgehead atoms. The Morgan fingerprint density at radius 3 is 2.58 bits per heavy atom. The molecule has 0 aliphatic heterocycles. The summed E-state index contributed by atoms with van der Waals surface area (Å²) in [7, 11) is 1.70. The predicted octanol–water partition coefficient (Wildman–Crippen LogP) is 4.57. The molecule has 0 N–H and O–H groups in total. The van der Waals surface area contributed by atoms with Gasteiger partial charge in [-0.15, -0.1) is 0 Å². The molecule has 2 aromatic carbocycles. The second-order valence-corrected chi connectivity index (χ2v) is 4.88. The quantitative estimate of drug-likeness (QED) is 0.681. The van der Waals surface area contributed by atoms with Crippen LogP contribution in [-0.4, -0.2) is 11.7 Å². The van der Waals surface area contributed by atoms with Crippen LogP contribution in [0.1, 0.15) is 0 Å². The van der Waals surface area contributed by atoms with Gasteiger partial charge in [-0.1, -0.05) is 48.0 Å². The van der Waals surface area contributed by atoms with Gasteiger partial charge in [-0.3, -0.25) is 0 Å². The molecule has 3 rings (SSSR count). The first-order chi connectivity index (χ1) is 9.29. The highest BCUT2D eigenvalue weighted by Crippen LogP contribution is 2.29. The van der Waals surface area contributed by atoms with Crippen LogP contribution in [-0.2, 0) is 11.5 Å². The summed E-state index contributed by atoms with van der Waals surface area (Å²) in [5.74, 6) is 0. The van der Waals surface area contributed by atoms with Gasteiger partial charge in [-0.2, -0.15) is 0 Å². The van der Waals surface area contributed by atoms with Crippen LogP contribution in [0.25, 0.3) is 22.2 Å². The van der Waals surface area contributed by atoms with Crippen molar-refractivity contribution in [2.75, 3.05) is 7.11 Å². The summed E-state index contributed by atoms with van der Waals surface area (Å²) in [6, 6.07) is 18.4. The minimum absolute atomic E-state index is 0.508. The summed E-state index contributed by atoms with van der Waals surface area (Å²) in [6.07, 6.45) is 0. The van der Waals surface area contributed by atoms with Crippen molar-refractivity contribution in [2.45, 2.75) is 6.73 Å². The van der Waals surface area contributed by atoms with Gasteiger partial charge in [0.15, 0.2) is 0 Å². The van der Waals surface area contributed by atoms with Gasteiger partial charge in [0.1, 0.15) is 6.73 Å². The average Bonchev–Trinajstić information content (AvgIpc) is 2.79. The first-order valence-corrected chi connectivity index (χ1v) is 6.50. The molecule has 0 amide bonds. The molecule has 0 spiro atoms. The van der Waals surface area contributed by atoms with Gasteiger partial charge in [0.2, 0.25) is 0 Å². The van der Waals surface area contributed by atoms with E-state index in [1.54, 1.807) is 7.11 Å². The minimum Gasteiger partial charge on any atom is -0.364 e. The van der Waals surface area contributed by atoms with Crippen molar-refractivity contribution in [3.63, 3.8) is 0 Å². The SMILES string of the molecule is COCn1c(-c2ccccc2)cc2ccc(Cl)cc21. The highest BCUT2D eigenvalue weighted by Gasteiger charge is 2.10. The molecule has 0 saturated carbocycles. The van der Waals surface area contributed by atoms with Crippen LogP contribution in [0.15, 0.2) is 54.6 Å². The highest BCUT2D eigenvalue weighted by atomic mass is 35.5. The lowest BCUT2D eigenvalue weighted by atomic mass is 10.1. The van der Waals surface area contributed by atoms with E-state index in [4.69, 9.17) is 16.3 Å². The van der Waals surface area contributed by atoms with Crippen molar-refractivity contribution < 1.29 is 4.74 Å². The predicted molar refractivity (Wildman–Crippen MR) is 79.4 cm³/mol. The van der Waals surface area contributed by atoms with E-state index in [-0.39, 0.29) is 0 Å². The lowest BCUT2D eigenvalue weighted by Gasteiger charge is -2.09. The standard InChI is InChI=1S/C16H14ClNO/c1-19-11-18-15(12-5-3-2-4-6-12)9-13-7-8-14(17)10-16(13)18/h2-10H,11H2,1H3. The Bertz CT molecular complexity index is 703. The van der Waals surface area contributed by atoms with E-state index in [1.807, 2.05) is 36.4 Å². The molecule has 0 radical (unpaired) electrons. The van der Waals surface area contributed by atoms with Crippen LogP contribution in [0.5, 0.6) is 0 Å². The molecular formula is C16H14ClNO. The van der Waals surface area contributed by atoms with Crippen molar-refractivity contribution >= 4 is 22.5 Å². The van der Waals surface area contributed by atoms with Crippen molar-refractivity contribution in [1.82, 2.24) is 4.57 Å². The van der Waals surface area contributed by atoms with Crippen molar-refractivity contribution in [3.8, 4) is 11.3 Å². The average molecular weight is 272 g/mol. The zero-order chi connectivity index (χ0) is 13.2. The Kier molecular flexibility index (Phi) is 3.28. The van der Waals surface area contributed by atoms with Gasteiger partial charge in [0.05, 0.1) is 11.2 Å². The van der Waals surface area contributed by atoms with Crippen molar-refractivity contribution in [3.05, 3.63) is 59.6 Å². The van der Waals surface area contributed by atoms with Crippen LogP contribution in [0.2, 0.25) is 5.02 Å². The van der Waals surface area contributed by atoms with Crippen LogP contribution < -0.4 is 0 Å². The maximum absolute atomic E-state index is 6.09. The number of halogens is 1. The van der Waals surface area contributed by atoms with Crippen LogP contribution in [0.3, 0.4) is 0 Å². The van der Waals surface area contributed by atoms with Gasteiger partial charge in [0, 0.05) is 17.5 Å². The number of hydrogen-bond acceptors (Lipinski definition) is 1. The van der Waals surface area contributed by atoms with Gasteiger partial charge in [-0.25, -0.2) is 0 Å². The first kappa shape index (κ1) is 12.3. The summed E-state index contributed by atoms with van der Waals surface area (Å²) < 4.78 is 7.45. The number of fused-ring (bicyclic) bond motifs is 1. The number of benzene rings is 2. The molecule has 0 atom stereocenters. The van der Waals surface area contributed by atoms with E-state index in [2.05, 4.69) is 22.8 Å². The monoisotopic (exact) mass is 271 g/mol. The molecule has 0 aliphatic carbocycles. The van der Waals surface area contributed by atoms with Crippen LogP contribution >= 0.6 is 11.6 Å². The van der Waals surface area contributed by atoms with Gasteiger partial charge < -0.3 is 9.30 Å². The summed E-state index contributed by atoms with van der Waals surface area (Å²) >= 11 is 6.09. The lowest BCUT2D eigenvalue weighted by molar-refractivity contribution is 0.136. The topological polar surface area (TPSA) is 14.2 Å². The van der Waals surface area contributed by atoms with Gasteiger partial charge in [-0.05, 0) is 23.8 Å². The van der Waals surface area contributed by atoms with E-state index in [0.29, 0.717) is 6.73 Å². The molecule has 2 nitrogen and oxygen atoms in total. The second kappa shape index (κ2) is 5.08. The fourth-order valence-corrected chi connectivity index (χ4v) is 2.51. The first-order valence-electron chi connectivity index (χ1n) is 6.13. The third-order valence-electron chi connectivity index (χ3n) is 3.19. The number of hydrogen-bond donors (Lipinski definition) is 0. The maximum Gasteiger partial charge on any atom is 0.123 e. The highest BCUT2D eigenvalue weighted by molar-refractivity contribution is 6.31. The molecule has 96 valence electrons. The molecule has 0 unspecified atom stereocenters. The fourth-order valence-electron chi connectivity index (χ4n) is 2.34. The number of nitrogens with zero attached hydrogens (tertiary/aromatic N) is 1. The molecule has 0 aliphatic rings. The zero-order valence-corrected chi connectivity index (χ0v) is 11.4. The third-order valence-corrected chi connectivity index (χ3v) is 3.43. The maximum atomic E-state index is 6.09. The van der Waals surface area contributed by atoms with Gasteiger partial charge >= 0.3 is 0 Å². The molecular weight excluding hydrogens is 258 g/mol. The van der Waals surface area contributed by atoms with Crippen molar-refractivity contribution in [1.29, 1.82) is 0 Å². The number of rotatable bonds is 3. The second-order valence-electron chi connectivity index (χ2n) is 4.44. The Hall–Kier alpha value is -1.77. The molecule has 0 saturated heterocycles. The van der Waals surface area contributed by atoms with E-state index in [9.17, 15) is 0 Å². The molecule has 3 heteroatoms. The fraction of sp³-hybridized carbons (Fsp3) is 0.125. The van der Waals surface area contributed by atoms with E-state index < -0.39 is 0 Å². The molecule has 3 aromatic rings. The summed E-state index contributed by atoms with van der Waals surface area (Å²) in [5.41, 5.74) is 3.40. The smallest absolute Gasteiger partial charge is 0.123 e. The molecule has 19 heavy (non-hydrogen) atoms. The Morgan fingerprint density at radius 2 is 1.84 bits per heavy atom. The van der Waals surface area contributed by atoms with Crippen molar-refractivity contribution in [2.24, 2.45) is 0 Å². The Labute approximate surface area is 117 Å². The normalized spacial score (nSPS) is 11.1. The molecule has 0 fully saturated rings.